The van der Waals surface area contributed by atoms with Gasteiger partial charge in [-0.25, -0.2) is 0 Å². The number of aromatic nitrogens is 1. The van der Waals surface area contributed by atoms with Gasteiger partial charge in [0, 0.05) is 11.6 Å². The lowest BCUT2D eigenvalue weighted by Crippen LogP contribution is -2.14. The highest BCUT2D eigenvalue weighted by atomic mass is 14.8. The number of nitrogens with zero attached hydrogens (tertiary/aromatic N) is 1. The van der Waals surface area contributed by atoms with Crippen molar-refractivity contribution in [3.63, 3.8) is 0 Å². The van der Waals surface area contributed by atoms with Crippen LogP contribution in [-0.4, -0.2) is 4.98 Å². The third-order valence-corrected chi connectivity index (χ3v) is 3.75. The number of pyridine rings is 1. The topological polar surface area (TPSA) is 38.9 Å². The fourth-order valence-corrected chi connectivity index (χ4v) is 2.51. The quantitative estimate of drug-likeness (QED) is 0.778. The Balaban J connectivity index is 2.05. The number of hydrogen-bond donors (Lipinski definition) is 1. The molecule has 3 rings (SSSR count). The van der Waals surface area contributed by atoms with E-state index in [1.54, 1.807) is 0 Å². The van der Waals surface area contributed by atoms with Crippen molar-refractivity contribution < 1.29 is 0 Å². The predicted octanol–water partition coefficient (Wildman–Crippen LogP) is 3.85. The van der Waals surface area contributed by atoms with E-state index in [0.717, 1.165) is 23.1 Å². The maximum Gasteiger partial charge on any atom is 0.0732 e. The summed E-state index contributed by atoms with van der Waals surface area (Å²) in [5.74, 6) is 0. The molecular weight excluding hydrogens is 244 g/mol. The Kier molecular flexibility index (Phi) is 3.48. The number of rotatable bonds is 3. The molecule has 3 aromatic rings. The molecule has 20 heavy (non-hydrogen) atoms. The molecule has 2 heteroatoms. The zero-order valence-electron chi connectivity index (χ0n) is 11.6. The number of benzene rings is 2. The van der Waals surface area contributed by atoms with E-state index < -0.39 is 0 Å². The summed E-state index contributed by atoms with van der Waals surface area (Å²) in [7, 11) is 0. The first kappa shape index (κ1) is 12.8. The molecule has 1 heterocycles. The van der Waals surface area contributed by atoms with Crippen LogP contribution >= 0.6 is 0 Å². The summed E-state index contributed by atoms with van der Waals surface area (Å²) in [6.45, 7) is 2.15. The lowest BCUT2D eigenvalue weighted by molar-refractivity contribution is 0.839. The van der Waals surface area contributed by atoms with E-state index >= 15 is 0 Å². The first-order chi connectivity index (χ1) is 9.79. The first-order valence-corrected chi connectivity index (χ1v) is 6.97. The number of nitrogens with two attached hydrogens (primary N) is 1. The molecule has 0 bridgehead atoms. The first-order valence-electron chi connectivity index (χ1n) is 6.97. The van der Waals surface area contributed by atoms with Gasteiger partial charge in [-0.2, -0.15) is 0 Å². The lowest BCUT2D eigenvalue weighted by atomic mass is 9.98. The number of aryl methyl sites for hydroxylation is 1. The van der Waals surface area contributed by atoms with Gasteiger partial charge in [0.15, 0.2) is 0 Å². The van der Waals surface area contributed by atoms with Gasteiger partial charge in [-0.1, -0.05) is 55.5 Å². The molecule has 2 N–H and O–H groups in total. The van der Waals surface area contributed by atoms with Crippen LogP contribution in [0.1, 0.15) is 29.8 Å². The maximum atomic E-state index is 6.41. The molecule has 0 spiro atoms. The molecule has 100 valence electrons. The van der Waals surface area contributed by atoms with Crippen molar-refractivity contribution in [3.05, 3.63) is 77.6 Å². The smallest absolute Gasteiger partial charge is 0.0732 e. The van der Waals surface area contributed by atoms with Gasteiger partial charge in [0.1, 0.15) is 0 Å². The van der Waals surface area contributed by atoms with Crippen LogP contribution in [-0.2, 0) is 6.42 Å². The van der Waals surface area contributed by atoms with Gasteiger partial charge >= 0.3 is 0 Å². The molecular formula is C18H18N2. The van der Waals surface area contributed by atoms with Crippen molar-refractivity contribution >= 4 is 10.8 Å². The van der Waals surface area contributed by atoms with E-state index in [-0.39, 0.29) is 6.04 Å². The molecule has 0 aliphatic heterocycles. The van der Waals surface area contributed by atoms with Crippen molar-refractivity contribution in [2.24, 2.45) is 5.73 Å². The summed E-state index contributed by atoms with van der Waals surface area (Å²) in [6.07, 6.45) is 2.87. The van der Waals surface area contributed by atoms with Gasteiger partial charge in [0.05, 0.1) is 11.7 Å². The van der Waals surface area contributed by atoms with Crippen LogP contribution in [0.4, 0.5) is 0 Å². The van der Waals surface area contributed by atoms with Crippen molar-refractivity contribution in [3.8, 4) is 0 Å². The van der Waals surface area contributed by atoms with Crippen LogP contribution in [0.3, 0.4) is 0 Å². The van der Waals surface area contributed by atoms with Crippen molar-refractivity contribution in [1.29, 1.82) is 0 Å². The molecule has 0 amide bonds. The summed E-state index contributed by atoms with van der Waals surface area (Å²) in [4.78, 5) is 4.50. The lowest BCUT2D eigenvalue weighted by Gasteiger charge is -2.14. The second-order valence-electron chi connectivity index (χ2n) is 4.99. The summed E-state index contributed by atoms with van der Waals surface area (Å²) < 4.78 is 0. The van der Waals surface area contributed by atoms with E-state index in [0.29, 0.717) is 0 Å². The predicted molar refractivity (Wildman–Crippen MR) is 83.6 cm³/mol. The molecule has 1 aromatic heterocycles. The SMILES string of the molecule is CCc1ccc(C(N)c2nccc3ccccc23)cc1. The summed E-state index contributed by atoms with van der Waals surface area (Å²) in [5, 5.41) is 2.31. The molecule has 2 aromatic carbocycles. The Morgan fingerprint density at radius 2 is 1.75 bits per heavy atom. The highest BCUT2D eigenvalue weighted by Gasteiger charge is 2.13. The van der Waals surface area contributed by atoms with Gasteiger partial charge in [-0.05, 0) is 29.0 Å². The van der Waals surface area contributed by atoms with Gasteiger partial charge in [-0.15, -0.1) is 0 Å². The van der Waals surface area contributed by atoms with Crippen LogP contribution in [0, 0.1) is 0 Å². The Morgan fingerprint density at radius 3 is 2.50 bits per heavy atom. The monoisotopic (exact) mass is 262 g/mol. The molecule has 0 saturated carbocycles. The average Bonchev–Trinajstić information content (AvgIpc) is 2.54. The standard InChI is InChI=1S/C18H18N2/c1-2-13-7-9-15(10-8-13)17(19)18-16-6-4-3-5-14(16)11-12-20-18/h3-12,17H,2,19H2,1H3. The molecule has 2 nitrogen and oxygen atoms in total. The van der Waals surface area contributed by atoms with E-state index in [1.165, 1.54) is 10.9 Å². The Labute approximate surface area is 119 Å². The Hall–Kier alpha value is -2.19. The van der Waals surface area contributed by atoms with Crippen molar-refractivity contribution in [1.82, 2.24) is 4.98 Å². The second-order valence-corrected chi connectivity index (χ2v) is 4.99. The zero-order chi connectivity index (χ0) is 13.9. The molecule has 1 unspecified atom stereocenters. The summed E-state index contributed by atoms with van der Waals surface area (Å²) in [6, 6.07) is 18.6. The molecule has 0 radical (unpaired) electrons. The van der Waals surface area contributed by atoms with Gasteiger partial charge in [-0.3, -0.25) is 4.98 Å². The van der Waals surface area contributed by atoms with Crippen molar-refractivity contribution in [2.45, 2.75) is 19.4 Å². The van der Waals surface area contributed by atoms with Gasteiger partial charge < -0.3 is 5.73 Å². The molecule has 0 saturated heterocycles. The van der Waals surface area contributed by atoms with Gasteiger partial charge in [0.25, 0.3) is 0 Å². The van der Waals surface area contributed by atoms with E-state index in [4.69, 9.17) is 5.73 Å². The summed E-state index contributed by atoms with van der Waals surface area (Å²) >= 11 is 0. The molecule has 0 fully saturated rings. The van der Waals surface area contributed by atoms with Crippen LogP contribution < -0.4 is 5.73 Å². The molecule has 1 atom stereocenters. The minimum atomic E-state index is -0.188. The Bertz CT molecular complexity index is 712. The van der Waals surface area contributed by atoms with E-state index in [9.17, 15) is 0 Å². The summed E-state index contributed by atoms with van der Waals surface area (Å²) in [5.41, 5.74) is 9.78. The third kappa shape index (κ3) is 2.30. The van der Waals surface area contributed by atoms with E-state index in [2.05, 4.69) is 48.3 Å². The van der Waals surface area contributed by atoms with Crippen LogP contribution in [0.15, 0.2) is 60.8 Å². The normalized spacial score (nSPS) is 12.5. The fourth-order valence-electron chi connectivity index (χ4n) is 2.51. The minimum Gasteiger partial charge on any atom is -0.319 e. The Morgan fingerprint density at radius 1 is 1.00 bits per heavy atom. The highest BCUT2D eigenvalue weighted by molar-refractivity contribution is 5.85. The number of fused-ring (bicyclic) bond motifs is 1. The molecule has 0 aliphatic carbocycles. The van der Waals surface area contributed by atoms with Crippen LogP contribution in [0.25, 0.3) is 10.8 Å². The third-order valence-electron chi connectivity index (χ3n) is 3.75. The zero-order valence-corrected chi connectivity index (χ0v) is 11.6. The second kappa shape index (κ2) is 5.43. The van der Waals surface area contributed by atoms with E-state index in [1.807, 2.05) is 24.4 Å². The fraction of sp³-hybridized carbons (Fsp3) is 0.167. The largest absolute Gasteiger partial charge is 0.319 e. The number of hydrogen-bond acceptors (Lipinski definition) is 2. The average molecular weight is 262 g/mol. The van der Waals surface area contributed by atoms with Crippen molar-refractivity contribution in [2.75, 3.05) is 0 Å². The van der Waals surface area contributed by atoms with Crippen LogP contribution in [0.2, 0.25) is 0 Å². The highest BCUT2D eigenvalue weighted by Crippen LogP contribution is 2.25. The molecule has 0 aliphatic rings. The van der Waals surface area contributed by atoms with Crippen LogP contribution in [0.5, 0.6) is 0 Å². The minimum absolute atomic E-state index is 0.188. The van der Waals surface area contributed by atoms with Gasteiger partial charge in [0.2, 0.25) is 0 Å². The maximum absolute atomic E-state index is 6.41.